The molecule has 0 aliphatic rings. The van der Waals surface area contributed by atoms with Crippen LogP contribution in [0.25, 0.3) is 0 Å². The largest absolute Gasteiger partial charge is 0.467 e. The van der Waals surface area contributed by atoms with Crippen LogP contribution < -0.4 is 4.74 Å². The van der Waals surface area contributed by atoms with Crippen LogP contribution in [0.3, 0.4) is 0 Å². The van der Waals surface area contributed by atoms with E-state index in [0.29, 0.717) is 25.3 Å². The lowest BCUT2D eigenvalue weighted by atomic mass is 10.5. The van der Waals surface area contributed by atoms with E-state index in [1.165, 1.54) is 17.7 Å². The van der Waals surface area contributed by atoms with Crippen LogP contribution in [0.2, 0.25) is 0 Å². The summed E-state index contributed by atoms with van der Waals surface area (Å²) in [5.41, 5.74) is 0. The lowest BCUT2D eigenvalue weighted by Crippen LogP contribution is -1.95. The summed E-state index contributed by atoms with van der Waals surface area (Å²) in [6.45, 7) is 6.56. The predicted molar refractivity (Wildman–Crippen MR) is 96.0 cm³/mol. The van der Waals surface area contributed by atoms with Gasteiger partial charge in [0.25, 0.3) is 6.47 Å². The van der Waals surface area contributed by atoms with E-state index in [2.05, 4.69) is 50.0 Å². The van der Waals surface area contributed by atoms with E-state index in [1.54, 1.807) is 6.92 Å². The van der Waals surface area contributed by atoms with Crippen LogP contribution >= 0.6 is 11.3 Å². The second-order valence-electron chi connectivity index (χ2n) is 4.42. The maximum atomic E-state index is 9.75. The van der Waals surface area contributed by atoms with Crippen molar-refractivity contribution in [1.29, 1.82) is 0 Å². The Balaban J connectivity index is 0.000000383. The maximum absolute atomic E-state index is 9.75. The smallest absolute Gasteiger partial charge is 0.343 e. The van der Waals surface area contributed by atoms with Gasteiger partial charge in [0, 0.05) is 6.42 Å². The molecule has 0 saturated heterocycles. The van der Waals surface area contributed by atoms with Crippen molar-refractivity contribution in [2.24, 2.45) is 0 Å². The van der Waals surface area contributed by atoms with Crippen LogP contribution in [0.5, 0.6) is 6.01 Å². The molecular formula is C14H22N8O4S. The molecule has 0 saturated carbocycles. The number of rotatable bonds is 6. The van der Waals surface area contributed by atoms with E-state index >= 15 is 0 Å². The molecule has 3 aromatic heterocycles. The standard InChI is InChI=1S/C6H8N2O2S.C4H5N3O2.C3H5N3.CH4/c1-5-7-8-6(11-5)2-3-10-4-9;1-3-5-4(7-6-3)9-2-8;1-3-4-2-5-6-3;/h4H,2-3H2,1H3;2H,1H3,(H,5,6,7);2H,1H3,(H,4,5,6);1H4. The molecule has 0 atom stereocenters. The molecule has 0 bridgehead atoms. The minimum atomic E-state index is 0. The SMILES string of the molecule is C.Cc1nc(OC=O)n[nH]1.Cc1ncn[nH]1.Cc1nnc(CCOC=O)s1. The number of carbonyl (C=O) groups is 2. The average Bonchev–Trinajstić information content (AvgIpc) is 3.34. The summed E-state index contributed by atoms with van der Waals surface area (Å²) in [6.07, 6.45) is 2.14. The first-order valence-corrected chi connectivity index (χ1v) is 8.02. The van der Waals surface area contributed by atoms with Crippen LogP contribution in [-0.4, -0.2) is 60.1 Å². The fourth-order valence-corrected chi connectivity index (χ4v) is 2.01. The molecule has 0 aromatic carbocycles. The van der Waals surface area contributed by atoms with Crippen molar-refractivity contribution in [1.82, 2.24) is 40.6 Å². The highest BCUT2D eigenvalue weighted by atomic mass is 32.1. The second kappa shape index (κ2) is 14.0. The van der Waals surface area contributed by atoms with Crippen LogP contribution in [0.4, 0.5) is 0 Å². The molecular weight excluding hydrogens is 376 g/mol. The number of hydrogen-bond donors (Lipinski definition) is 2. The van der Waals surface area contributed by atoms with E-state index in [9.17, 15) is 9.59 Å². The summed E-state index contributed by atoms with van der Waals surface area (Å²) in [5, 5.41) is 21.8. The Morgan fingerprint density at radius 1 is 1.11 bits per heavy atom. The predicted octanol–water partition coefficient (Wildman–Crippen LogP) is 0.960. The molecule has 13 heteroatoms. The molecule has 0 aliphatic heterocycles. The van der Waals surface area contributed by atoms with E-state index in [-0.39, 0.29) is 19.9 Å². The summed E-state index contributed by atoms with van der Waals surface area (Å²) in [4.78, 5) is 26.8. The molecule has 0 amide bonds. The average molecular weight is 398 g/mol. The number of aromatic nitrogens is 8. The van der Waals surface area contributed by atoms with E-state index in [4.69, 9.17) is 0 Å². The van der Waals surface area contributed by atoms with Gasteiger partial charge in [0.05, 0.1) is 6.61 Å². The van der Waals surface area contributed by atoms with Crippen molar-refractivity contribution in [3.63, 3.8) is 0 Å². The quantitative estimate of drug-likeness (QED) is 0.452. The normalized spacial score (nSPS) is 8.85. The van der Waals surface area contributed by atoms with Crippen LogP contribution in [0.15, 0.2) is 6.33 Å². The highest BCUT2D eigenvalue weighted by Gasteiger charge is 1.99. The highest BCUT2D eigenvalue weighted by molar-refractivity contribution is 7.11. The zero-order valence-corrected chi connectivity index (χ0v) is 15.2. The zero-order chi connectivity index (χ0) is 19.2. The van der Waals surface area contributed by atoms with Crippen molar-refractivity contribution in [2.75, 3.05) is 6.61 Å². The molecule has 0 spiro atoms. The summed E-state index contributed by atoms with van der Waals surface area (Å²) >= 11 is 1.52. The fraction of sp³-hybridized carbons (Fsp3) is 0.429. The Morgan fingerprint density at radius 3 is 2.30 bits per heavy atom. The summed E-state index contributed by atoms with van der Waals surface area (Å²) in [5.74, 6) is 1.47. The Labute approximate surface area is 159 Å². The van der Waals surface area contributed by atoms with Gasteiger partial charge in [-0.05, 0) is 20.8 Å². The van der Waals surface area contributed by atoms with Crippen LogP contribution in [0.1, 0.15) is 29.1 Å². The Kier molecular flexibility index (Phi) is 12.3. The van der Waals surface area contributed by atoms with Gasteiger partial charge in [-0.2, -0.15) is 10.1 Å². The molecule has 3 heterocycles. The Morgan fingerprint density at radius 2 is 1.89 bits per heavy atom. The number of hydrogen-bond acceptors (Lipinski definition) is 11. The summed E-state index contributed by atoms with van der Waals surface area (Å²) < 4.78 is 8.80. The molecule has 27 heavy (non-hydrogen) atoms. The Bertz CT molecular complexity index is 759. The van der Waals surface area contributed by atoms with Crippen molar-refractivity contribution >= 4 is 24.3 Å². The van der Waals surface area contributed by atoms with E-state index < -0.39 is 0 Å². The summed E-state index contributed by atoms with van der Waals surface area (Å²) in [6, 6.07) is 0.0579. The minimum absolute atomic E-state index is 0. The lowest BCUT2D eigenvalue weighted by molar-refractivity contribution is -0.128. The molecule has 2 N–H and O–H groups in total. The second-order valence-corrected chi connectivity index (χ2v) is 5.69. The third kappa shape index (κ3) is 11.1. The van der Waals surface area contributed by atoms with Crippen molar-refractivity contribution < 1.29 is 19.1 Å². The molecule has 148 valence electrons. The van der Waals surface area contributed by atoms with Crippen LogP contribution in [-0.2, 0) is 20.7 Å². The van der Waals surface area contributed by atoms with Crippen LogP contribution in [0, 0.1) is 20.8 Å². The molecule has 0 unspecified atom stereocenters. The Hall–Kier alpha value is -3.22. The van der Waals surface area contributed by atoms with Crippen molar-refractivity contribution in [2.45, 2.75) is 34.6 Å². The maximum Gasteiger partial charge on any atom is 0.343 e. The summed E-state index contributed by atoms with van der Waals surface area (Å²) in [7, 11) is 0. The van der Waals surface area contributed by atoms with Gasteiger partial charge in [-0.25, -0.2) is 4.98 Å². The first-order chi connectivity index (χ1) is 12.5. The molecule has 0 fully saturated rings. The molecule has 3 rings (SSSR count). The molecule has 0 radical (unpaired) electrons. The number of carbonyl (C=O) groups excluding carboxylic acids is 2. The monoisotopic (exact) mass is 398 g/mol. The van der Waals surface area contributed by atoms with E-state index in [1.807, 2.05) is 13.8 Å². The third-order valence-corrected chi connectivity index (χ3v) is 3.23. The molecule has 12 nitrogen and oxygen atoms in total. The van der Waals surface area contributed by atoms with Gasteiger partial charge in [-0.1, -0.05) is 7.43 Å². The minimum Gasteiger partial charge on any atom is -0.467 e. The van der Waals surface area contributed by atoms with Gasteiger partial charge < -0.3 is 9.47 Å². The number of nitrogens with one attached hydrogen (secondary N) is 2. The van der Waals surface area contributed by atoms with Gasteiger partial charge >= 0.3 is 12.5 Å². The number of nitrogens with zero attached hydrogens (tertiary/aromatic N) is 6. The topological polar surface area (TPSA) is 162 Å². The fourth-order valence-electron chi connectivity index (χ4n) is 1.32. The number of H-pyrrole nitrogens is 2. The molecule has 0 aliphatic carbocycles. The lowest BCUT2D eigenvalue weighted by Gasteiger charge is -1.91. The first-order valence-electron chi connectivity index (χ1n) is 7.20. The van der Waals surface area contributed by atoms with Gasteiger partial charge in [0.2, 0.25) is 0 Å². The number of ether oxygens (including phenoxy) is 2. The van der Waals surface area contributed by atoms with Crippen molar-refractivity contribution in [3.8, 4) is 6.01 Å². The van der Waals surface area contributed by atoms with E-state index in [0.717, 1.165) is 15.8 Å². The van der Waals surface area contributed by atoms with Gasteiger partial charge in [-0.3, -0.25) is 19.8 Å². The molecule has 3 aromatic rings. The third-order valence-electron chi connectivity index (χ3n) is 2.34. The first kappa shape index (κ1) is 23.8. The van der Waals surface area contributed by atoms with Gasteiger partial charge in [0.1, 0.15) is 28.0 Å². The van der Waals surface area contributed by atoms with Gasteiger partial charge in [-0.15, -0.1) is 26.6 Å². The number of aromatic amines is 2. The zero-order valence-electron chi connectivity index (χ0n) is 14.4. The highest BCUT2D eigenvalue weighted by Crippen LogP contribution is 2.07. The van der Waals surface area contributed by atoms with Gasteiger partial charge in [0.15, 0.2) is 0 Å². The number of aryl methyl sites for hydroxylation is 3. The van der Waals surface area contributed by atoms with Crippen molar-refractivity contribution in [3.05, 3.63) is 28.0 Å².